The van der Waals surface area contributed by atoms with Crippen LogP contribution in [0.4, 0.5) is 4.79 Å². The number of aromatic nitrogens is 2. The SMILES string of the molecule is CCn1c(C(=O)N(CC(C)C)[C@H]2CC(CO)CN(C(=O)OC(C)(C)C)C2)nc2ccccc21. The Bertz CT molecular complexity index is 978. The molecule has 0 bridgehead atoms. The summed E-state index contributed by atoms with van der Waals surface area (Å²) in [7, 11) is 0. The molecule has 1 unspecified atom stereocenters. The highest BCUT2D eigenvalue weighted by Gasteiger charge is 2.38. The molecule has 3 rings (SSSR count). The molecular weight excluding hydrogens is 420 g/mol. The maximum Gasteiger partial charge on any atom is 0.410 e. The fourth-order valence-corrected chi connectivity index (χ4v) is 4.49. The Morgan fingerprint density at radius 2 is 1.94 bits per heavy atom. The zero-order valence-electron chi connectivity index (χ0n) is 20.7. The number of carbonyl (C=O) groups excluding carboxylic acids is 2. The van der Waals surface area contributed by atoms with Gasteiger partial charge < -0.3 is 24.2 Å². The molecule has 1 N–H and O–H groups in total. The lowest BCUT2D eigenvalue weighted by molar-refractivity contribution is -0.00456. The van der Waals surface area contributed by atoms with Gasteiger partial charge in [0.15, 0.2) is 5.82 Å². The average molecular weight is 459 g/mol. The van der Waals surface area contributed by atoms with E-state index >= 15 is 0 Å². The van der Waals surface area contributed by atoms with Crippen molar-refractivity contribution in [1.82, 2.24) is 19.4 Å². The molecule has 1 aliphatic rings. The second-order valence-corrected chi connectivity index (χ2v) is 10.3. The number of aliphatic hydroxyl groups excluding tert-OH is 1. The molecule has 1 aromatic carbocycles. The first-order chi connectivity index (χ1) is 15.5. The minimum absolute atomic E-state index is 0.0486. The fourth-order valence-electron chi connectivity index (χ4n) is 4.49. The van der Waals surface area contributed by atoms with Gasteiger partial charge in [-0.05, 0) is 52.2 Å². The van der Waals surface area contributed by atoms with E-state index in [-0.39, 0.29) is 30.4 Å². The highest BCUT2D eigenvalue weighted by atomic mass is 16.6. The summed E-state index contributed by atoms with van der Waals surface area (Å²) in [5.74, 6) is 0.380. The zero-order valence-corrected chi connectivity index (χ0v) is 20.7. The Morgan fingerprint density at radius 1 is 1.24 bits per heavy atom. The number of ether oxygens (including phenoxy) is 1. The van der Waals surface area contributed by atoms with Crippen LogP contribution in [-0.2, 0) is 11.3 Å². The van der Waals surface area contributed by atoms with Gasteiger partial charge in [-0.2, -0.15) is 0 Å². The van der Waals surface area contributed by atoms with Gasteiger partial charge in [0.05, 0.1) is 17.1 Å². The molecule has 182 valence electrons. The Kier molecular flexibility index (Phi) is 7.67. The van der Waals surface area contributed by atoms with Gasteiger partial charge in [-0.3, -0.25) is 4.79 Å². The summed E-state index contributed by atoms with van der Waals surface area (Å²) in [6.07, 6.45) is 0.212. The van der Waals surface area contributed by atoms with Gasteiger partial charge in [-0.1, -0.05) is 26.0 Å². The second kappa shape index (κ2) is 10.1. The molecule has 1 fully saturated rings. The number of benzene rings is 1. The van der Waals surface area contributed by atoms with E-state index in [1.807, 2.05) is 61.4 Å². The minimum Gasteiger partial charge on any atom is -0.444 e. The number of fused-ring (bicyclic) bond motifs is 1. The summed E-state index contributed by atoms with van der Waals surface area (Å²) in [4.78, 5) is 34.8. The number of para-hydroxylation sites is 2. The van der Waals surface area contributed by atoms with Crippen molar-refractivity contribution < 1.29 is 19.4 Å². The molecule has 33 heavy (non-hydrogen) atoms. The van der Waals surface area contributed by atoms with Crippen molar-refractivity contribution in [1.29, 1.82) is 0 Å². The van der Waals surface area contributed by atoms with Crippen LogP contribution in [0, 0.1) is 11.8 Å². The number of likely N-dealkylation sites (tertiary alicyclic amines) is 1. The number of rotatable bonds is 6. The van der Waals surface area contributed by atoms with E-state index in [2.05, 4.69) is 18.8 Å². The van der Waals surface area contributed by atoms with E-state index in [1.54, 1.807) is 4.90 Å². The number of hydrogen-bond donors (Lipinski definition) is 1. The van der Waals surface area contributed by atoms with Gasteiger partial charge in [0.2, 0.25) is 0 Å². The molecule has 1 saturated heterocycles. The number of imidazole rings is 1. The van der Waals surface area contributed by atoms with Crippen molar-refractivity contribution in [3.8, 4) is 0 Å². The Hall–Kier alpha value is -2.61. The number of nitrogens with zero attached hydrogens (tertiary/aromatic N) is 4. The average Bonchev–Trinajstić information content (AvgIpc) is 3.14. The van der Waals surface area contributed by atoms with Crippen molar-refractivity contribution in [3.05, 3.63) is 30.1 Å². The molecule has 2 heterocycles. The summed E-state index contributed by atoms with van der Waals surface area (Å²) in [6.45, 7) is 13.6. The molecule has 0 spiro atoms. The van der Waals surface area contributed by atoms with Gasteiger partial charge >= 0.3 is 6.09 Å². The molecule has 2 amide bonds. The van der Waals surface area contributed by atoms with Crippen LogP contribution >= 0.6 is 0 Å². The van der Waals surface area contributed by atoms with Gasteiger partial charge in [0.25, 0.3) is 5.91 Å². The maximum absolute atomic E-state index is 13.9. The van der Waals surface area contributed by atoms with E-state index < -0.39 is 11.7 Å². The first-order valence-corrected chi connectivity index (χ1v) is 11.9. The standard InChI is InChI=1S/C25H38N4O4/c1-7-28-21-11-9-8-10-20(21)26-22(28)23(31)29(13-17(2)3)19-12-18(16-30)14-27(15-19)24(32)33-25(4,5)6/h8-11,17-19,30H,7,12-16H2,1-6H3/t18?,19-/m0/s1. The summed E-state index contributed by atoms with van der Waals surface area (Å²) in [5, 5.41) is 9.94. The van der Waals surface area contributed by atoms with Gasteiger partial charge in [-0.15, -0.1) is 0 Å². The summed E-state index contributed by atoms with van der Waals surface area (Å²) in [6, 6.07) is 7.52. The summed E-state index contributed by atoms with van der Waals surface area (Å²) in [5.41, 5.74) is 1.11. The summed E-state index contributed by atoms with van der Waals surface area (Å²) >= 11 is 0. The van der Waals surface area contributed by atoms with E-state index in [1.165, 1.54) is 0 Å². The Morgan fingerprint density at radius 3 is 2.55 bits per heavy atom. The van der Waals surface area contributed by atoms with Crippen LogP contribution in [0.15, 0.2) is 24.3 Å². The highest BCUT2D eigenvalue weighted by molar-refractivity contribution is 5.95. The molecule has 8 nitrogen and oxygen atoms in total. The van der Waals surface area contributed by atoms with Crippen LogP contribution in [0.5, 0.6) is 0 Å². The lowest BCUT2D eigenvalue weighted by Crippen LogP contribution is -2.56. The lowest BCUT2D eigenvalue weighted by Gasteiger charge is -2.43. The van der Waals surface area contributed by atoms with Crippen molar-refractivity contribution in [3.63, 3.8) is 0 Å². The van der Waals surface area contributed by atoms with Crippen LogP contribution in [-0.4, -0.2) is 74.3 Å². The number of aliphatic hydroxyl groups is 1. The molecule has 1 aliphatic heterocycles. The van der Waals surface area contributed by atoms with Crippen molar-refractivity contribution in [2.75, 3.05) is 26.2 Å². The lowest BCUT2D eigenvalue weighted by atomic mass is 9.93. The molecule has 0 radical (unpaired) electrons. The Balaban J connectivity index is 1.94. The first-order valence-electron chi connectivity index (χ1n) is 11.9. The number of carbonyl (C=O) groups is 2. The zero-order chi connectivity index (χ0) is 24.3. The maximum atomic E-state index is 13.9. The van der Waals surface area contributed by atoms with Crippen LogP contribution in [0.3, 0.4) is 0 Å². The smallest absolute Gasteiger partial charge is 0.410 e. The van der Waals surface area contributed by atoms with E-state index in [4.69, 9.17) is 4.74 Å². The van der Waals surface area contributed by atoms with E-state index in [9.17, 15) is 14.7 Å². The Labute approximate surface area is 196 Å². The van der Waals surface area contributed by atoms with Gasteiger partial charge in [0.1, 0.15) is 5.60 Å². The molecule has 0 aliphatic carbocycles. The summed E-state index contributed by atoms with van der Waals surface area (Å²) < 4.78 is 7.53. The molecular formula is C25H38N4O4. The van der Waals surface area contributed by atoms with E-state index in [0.29, 0.717) is 38.4 Å². The van der Waals surface area contributed by atoms with Crippen LogP contribution in [0.25, 0.3) is 11.0 Å². The largest absolute Gasteiger partial charge is 0.444 e. The van der Waals surface area contributed by atoms with Gasteiger partial charge in [0, 0.05) is 38.7 Å². The quantitative estimate of drug-likeness (QED) is 0.712. The number of aryl methyl sites for hydroxylation is 1. The van der Waals surface area contributed by atoms with Crippen molar-refractivity contribution in [2.45, 2.75) is 66.2 Å². The third-order valence-electron chi connectivity index (χ3n) is 5.85. The number of piperidine rings is 1. The molecule has 0 saturated carbocycles. The molecule has 2 aromatic rings. The first kappa shape index (κ1) is 25.0. The van der Waals surface area contributed by atoms with Crippen LogP contribution in [0.2, 0.25) is 0 Å². The molecule has 1 aromatic heterocycles. The topological polar surface area (TPSA) is 87.9 Å². The normalized spacial score (nSPS) is 19.2. The third kappa shape index (κ3) is 5.85. The van der Waals surface area contributed by atoms with Crippen molar-refractivity contribution in [2.24, 2.45) is 11.8 Å². The molecule has 2 atom stereocenters. The van der Waals surface area contributed by atoms with Crippen LogP contribution in [0.1, 0.15) is 58.6 Å². The predicted octanol–water partition coefficient (Wildman–Crippen LogP) is 3.77. The number of amides is 2. The minimum atomic E-state index is -0.613. The second-order valence-electron chi connectivity index (χ2n) is 10.3. The highest BCUT2D eigenvalue weighted by Crippen LogP contribution is 2.26. The van der Waals surface area contributed by atoms with Crippen molar-refractivity contribution >= 4 is 23.0 Å². The number of hydrogen-bond acceptors (Lipinski definition) is 5. The van der Waals surface area contributed by atoms with E-state index in [0.717, 1.165) is 11.0 Å². The van der Waals surface area contributed by atoms with Crippen LogP contribution < -0.4 is 0 Å². The fraction of sp³-hybridized carbons (Fsp3) is 0.640. The van der Waals surface area contributed by atoms with Gasteiger partial charge in [-0.25, -0.2) is 9.78 Å². The predicted molar refractivity (Wildman–Crippen MR) is 128 cm³/mol. The third-order valence-corrected chi connectivity index (χ3v) is 5.85. The monoisotopic (exact) mass is 458 g/mol. The molecule has 8 heteroatoms.